The SMILES string of the molecule is Nc1c(Cl)ncnc1Nc1ccc(Cl)cc1Cl. The fourth-order valence-corrected chi connectivity index (χ4v) is 1.78. The molecule has 0 amide bonds. The van der Waals surface area contributed by atoms with E-state index in [0.29, 0.717) is 21.6 Å². The Labute approximate surface area is 113 Å². The average Bonchev–Trinajstić information content (AvgIpc) is 2.28. The summed E-state index contributed by atoms with van der Waals surface area (Å²) in [5, 5.41) is 4.16. The molecular weight excluding hydrogens is 282 g/mol. The van der Waals surface area contributed by atoms with E-state index in [1.165, 1.54) is 6.33 Å². The molecule has 4 nitrogen and oxygen atoms in total. The van der Waals surface area contributed by atoms with Crippen molar-refractivity contribution in [1.82, 2.24) is 9.97 Å². The average molecular weight is 290 g/mol. The van der Waals surface area contributed by atoms with Gasteiger partial charge in [0.1, 0.15) is 12.0 Å². The first-order valence-corrected chi connectivity index (χ1v) is 5.69. The van der Waals surface area contributed by atoms with Crippen molar-refractivity contribution in [1.29, 1.82) is 0 Å². The van der Waals surface area contributed by atoms with Crippen molar-refractivity contribution in [3.8, 4) is 0 Å². The Morgan fingerprint density at radius 1 is 1.12 bits per heavy atom. The van der Waals surface area contributed by atoms with Crippen LogP contribution in [0.3, 0.4) is 0 Å². The second kappa shape index (κ2) is 4.96. The molecule has 0 saturated carbocycles. The van der Waals surface area contributed by atoms with Crippen LogP contribution < -0.4 is 11.1 Å². The van der Waals surface area contributed by atoms with Gasteiger partial charge >= 0.3 is 0 Å². The highest BCUT2D eigenvalue weighted by Crippen LogP contribution is 2.30. The predicted octanol–water partition coefficient (Wildman–Crippen LogP) is 3.76. The molecular formula is C10H7Cl3N4. The summed E-state index contributed by atoms with van der Waals surface area (Å²) in [5.74, 6) is 0.397. The zero-order valence-corrected chi connectivity index (χ0v) is 10.7. The molecule has 2 aromatic rings. The van der Waals surface area contributed by atoms with Crippen LogP contribution in [-0.2, 0) is 0 Å². The van der Waals surface area contributed by atoms with Gasteiger partial charge in [0.15, 0.2) is 11.0 Å². The van der Waals surface area contributed by atoms with E-state index in [2.05, 4.69) is 15.3 Å². The normalized spacial score (nSPS) is 10.3. The molecule has 0 spiro atoms. The zero-order chi connectivity index (χ0) is 12.4. The molecule has 0 aliphatic rings. The summed E-state index contributed by atoms with van der Waals surface area (Å²) in [6.07, 6.45) is 1.31. The van der Waals surface area contributed by atoms with Crippen LogP contribution in [0, 0.1) is 0 Å². The number of rotatable bonds is 2. The molecule has 0 unspecified atom stereocenters. The molecule has 1 aromatic carbocycles. The lowest BCUT2D eigenvalue weighted by Gasteiger charge is -2.10. The minimum absolute atomic E-state index is 0.188. The second-order valence-electron chi connectivity index (χ2n) is 3.18. The molecule has 0 fully saturated rings. The number of aromatic nitrogens is 2. The van der Waals surface area contributed by atoms with Gasteiger partial charge in [-0.15, -0.1) is 0 Å². The van der Waals surface area contributed by atoms with Crippen molar-refractivity contribution < 1.29 is 0 Å². The summed E-state index contributed by atoms with van der Waals surface area (Å²) in [6, 6.07) is 5.04. The van der Waals surface area contributed by atoms with Gasteiger partial charge in [-0.1, -0.05) is 34.8 Å². The third kappa shape index (κ3) is 2.72. The molecule has 17 heavy (non-hydrogen) atoms. The maximum absolute atomic E-state index is 6.01. The molecule has 0 radical (unpaired) electrons. The number of nitrogen functional groups attached to an aromatic ring is 1. The highest BCUT2D eigenvalue weighted by molar-refractivity contribution is 6.36. The third-order valence-electron chi connectivity index (χ3n) is 2.02. The number of benzene rings is 1. The zero-order valence-electron chi connectivity index (χ0n) is 8.42. The minimum Gasteiger partial charge on any atom is -0.393 e. The number of nitrogens with zero attached hydrogens (tertiary/aromatic N) is 2. The van der Waals surface area contributed by atoms with Crippen molar-refractivity contribution in [2.45, 2.75) is 0 Å². The number of halogens is 3. The largest absolute Gasteiger partial charge is 0.393 e. The van der Waals surface area contributed by atoms with Gasteiger partial charge in [-0.25, -0.2) is 9.97 Å². The first kappa shape index (κ1) is 12.2. The fourth-order valence-electron chi connectivity index (χ4n) is 1.19. The Morgan fingerprint density at radius 3 is 2.59 bits per heavy atom. The monoisotopic (exact) mass is 288 g/mol. The van der Waals surface area contributed by atoms with Gasteiger partial charge in [0.05, 0.1) is 10.7 Å². The Bertz CT molecular complexity index is 559. The number of hydrogen-bond acceptors (Lipinski definition) is 4. The summed E-state index contributed by atoms with van der Waals surface area (Å²) in [7, 11) is 0. The lowest BCUT2D eigenvalue weighted by Crippen LogP contribution is -2.01. The smallest absolute Gasteiger partial charge is 0.158 e. The molecule has 7 heteroatoms. The summed E-state index contributed by atoms with van der Waals surface area (Å²) >= 11 is 17.6. The Morgan fingerprint density at radius 2 is 1.88 bits per heavy atom. The van der Waals surface area contributed by atoms with Crippen LogP contribution in [0.4, 0.5) is 17.2 Å². The van der Waals surface area contributed by atoms with E-state index < -0.39 is 0 Å². The quantitative estimate of drug-likeness (QED) is 0.826. The van der Waals surface area contributed by atoms with E-state index in [0.717, 1.165) is 0 Å². The summed E-state index contributed by atoms with van der Waals surface area (Å²) in [4.78, 5) is 7.73. The Kier molecular flexibility index (Phi) is 3.57. The van der Waals surface area contributed by atoms with Gasteiger partial charge in [0.2, 0.25) is 0 Å². The number of nitrogens with one attached hydrogen (secondary N) is 1. The molecule has 2 rings (SSSR count). The van der Waals surface area contributed by atoms with E-state index >= 15 is 0 Å². The maximum atomic E-state index is 6.01. The molecule has 0 bridgehead atoms. The molecule has 0 saturated heterocycles. The molecule has 0 aliphatic heterocycles. The van der Waals surface area contributed by atoms with Crippen molar-refractivity contribution in [2.24, 2.45) is 0 Å². The first-order chi connectivity index (χ1) is 8.08. The standard InChI is InChI=1S/C10H7Cl3N4/c11-5-1-2-7(6(12)3-5)17-10-8(14)9(13)15-4-16-10/h1-4H,14H2,(H,15,16,17). The van der Waals surface area contributed by atoms with Gasteiger partial charge in [0, 0.05) is 5.02 Å². The van der Waals surface area contributed by atoms with Crippen LogP contribution in [0.25, 0.3) is 0 Å². The third-order valence-corrected chi connectivity index (χ3v) is 2.87. The van der Waals surface area contributed by atoms with Crippen LogP contribution >= 0.6 is 34.8 Å². The molecule has 88 valence electrons. The van der Waals surface area contributed by atoms with Crippen molar-refractivity contribution in [3.05, 3.63) is 39.7 Å². The highest BCUT2D eigenvalue weighted by Gasteiger charge is 2.08. The van der Waals surface area contributed by atoms with Gasteiger partial charge in [-0.2, -0.15) is 0 Å². The van der Waals surface area contributed by atoms with E-state index in [-0.39, 0.29) is 10.8 Å². The van der Waals surface area contributed by atoms with E-state index in [1.807, 2.05) is 0 Å². The Hall–Kier alpha value is -1.23. The lowest BCUT2D eigenvalue weighted by atomic mass is 10.3. The number of hydrogen-bond donors (Lipinski definition) is 2. The summed E-state index contributed by atoms with van der Waals surface area (Å²) in [6.45, 7) is 0. The number of nitrogens with two attached hydrogens (primary N) is 1. The molecule has 0 atom stereocenters. The maximum Gasteiger partial charge on any atom is 0.158 e. The molecule has 1 aromatic heterocycles. The van der Waals surface area contributed by atoms with Crippen molar-refractivity contribution in [3.63, 3.8) is 0 Å². The van der Waals surface area contributed by atoms with Gasteiger partial charge in [-0.05, 0) is 18.2 Å². The number of anilines is 3. The topological polar surface area (TPSA) is 63.8 Å². The van der Waals surface area contributed by atoms with Crippen LogP contribution in [0.2, 0.25) is 15.2 Å². The van der Waals surface area contributed by atoms with Crippen LogP contribution in [0.1, 0.15) is 0 Å². The second-order valence-corrected chi connectivity index (χ2v) is 4.38. The van der Waals surface area contributed by atoms with Crippen LogP contribution in [0.15, 0.2) is 24.5 Å². The minimum atomic E-state index is 0.188. The predicted molar refractivity (Wildman–Crippen MR) is 71.2 cm³/mol. The lowest BCUT2D eigenvalue weighted by molar-refractivity contribution is 1.17. The molecule has 0 aliphatic carbocycles. The van der Waals surface area contributed by atoms with E-state index in [4.69, 9.17) is 40.5 Å². The fraction of sp³-hybridized carbons (Fsp3) is 0. The van der Waals surface area contributed by atoms with Crippen molar-refractivity contribution in [2.75, 3.05) is 11.1 Å². The first-order valence-electron chi connectivity index (χ1n) is 4.56. The van der Waals surface area contributed by atoms with Crippen LogP contribution in [0.5, 0.6) is 0 Å². The van der Waals surface area contributed by atoms with Crippen LogP contribution in [-0.4, -0.2) is 9.97 Å². The molecule has 3 N–H and O–H groups in total. The van der Waals surface area contributed by atoms with Crippen molar-refractivity contribution >= 4 is 52.0 Å². The Balaban J connectivity index is 2.35. The summed E-state index contributed by atoms with van der Waals surface area (Å²) in [5.41, 5.74) is 6.62. The molecule has 1 heterocycles. The van der Waals surface area contributed by atoms with E-state index in [9.17, 15) is 0 Å². The van der Waals surface area contributed by atoms with Gasteiger partial charge in [-0.3, -0.25) is 0 Å². The van der Waals surface area contributed by atoms with Gasteiger partial charge in [0.25, 0.3) is 0 Å². The summed E-state index contributed by atoms with van der Waals surface area (Å²) < 4.78 is 0. The van der Waals surface area contributed by atoms with E-state index in [1.54, 1.807) is 18.2 Å². The van der Waals surface area contributed by atoms with Gasteiger partial charge < -0.3 is 11.1 Å². The highest BCUT2D eigenvalue weighted by atomic mass is 35.5.